The van der Waals surface area contributed by atoms with Gasteiger partial charge in [-0.05, 0) is 38.4 Å². The molecule has 0 aromatic rings. The highest BCUT2D eigenvalue weighted by atomic mass is 28.4. The van der Waals surface area contributed by atoms with E-state index in [1.807, 2.05) is 0 Å². The van der Waals surface area contributed by atoms with Gasteiger partial charge in [-0.15, -0.1) is 0 Å². The second-order valence-corrected chi connectivity index (χ2v) is 7.78. The van der Waals surface area contributed by atoms with Crippen LogP contribution in [0, 0.1) is 0 Å². The largest absolute Gasteiger partial charge is 0.394 e. The Bertz CT molecular complexity index is 146. The van der Waals surface area contributed by atoms with Crippen LogP contribution in [0.3, 0.4) is 0 Å². The molecule has 0 aliphatic heterocycles. The van der Waals surface area contributed by atoms with Crippen LogP contribution in [0.25, 0.3) is 0 Å². The lowest BCUT2D eigenvalue weighted by Crippen LogP contribution is -2.39. The summed E-state index contributed by atoms with van der Waals surface area (Å²) >= 11 is 0. The molecule has 0 aromatic carbocycles. The van der Waals surface area contributed by atoms with E-state index in [1.54, 1.807) is 0 Å². The van der Waals surface area contributed by atoms with Gasteiger partial charge in [-0.3, -0.25) is 0 Å². The summed E-state index contributed by atoms with van der Waals surface area (Å²) in [7, 11) is -1.92. The lowest BCUT2D eigenvalue weighted by atomic mass is 10.4. The first-order valence-corrected chi connectivity index (χ1v) is 9.19. The number of rotatable bonds is 11. The zero-order chi connectivity index (χ0) is 12.3. The van der Waals surface area contributed by atoms with Crippen molar-refractivity contribution in [2.45, 2.75) is 58.5 Å². The lowest BCUT2D eigenvalue weighted by Gasteiger charge is -2.27. The second-order valence-electron chi connectivity index (χ2n) is 4.43. The van der Waals surface area contributed by atoms with Gasteiger partial charge < -0.3 is 14.6 Å². The minimum absolute atomic E-state index is 0.733. The number of hydrogen-bond acceptors (Lipinski definition) is 3. The molecule has 0 heterocycles. The maximum absolute atomic E-state index is 5.98. The van der Waals surface area contributed by atoms with E-state index in [-0.39, 0.29) is 0 Å². The van der Waals surface area contributed by atoms with E-state index >= 15 is 0 Å². The molecule has 2 N–H and O–H groups in total. The first-order chi connectivity index (χ1) is 7.68. The highest BCUT2D eigenvalue weighted by molar-refractivity contribution is 6.66. The van der Waals surface area contributed by atoms with Gasteiger partial charge in [-0.25, -0.2) is 0 Å². The normalized spacial score (nSPS) is 12.0. The van der Waals surface area contributed by atoms with Crippen molar-refractivity contribution in [1.29, 1.82) is 0 Å². The van der Waals surface area contributed by atoms with Gasteiger partial charge in [-0.1, -0.05) is 26.7 Å². The summed E-state index contributed by atoms with van der Waals surface area (Å²) in [5, 5.41) is 0. The zero-order valence-corrected chi connectivity index (χ0v) is 12.3. The summed E-state index contributed by atoms with van der Waals surface area (Å²) in [5.41, 5.74) is 5.56. The van der Waals surface area contributed by atoms with Gasteiger partial charge in [-0.2, -0.15) is 0 Å². The first-order valence-electron chi connectivity index (χ1n) is 6.66. The van der Waals surface area contributed by atoms with E-state index in [4.69, 9.17) is 14.6 Å². The minimum atomic E-state index is -1.92. The molecular formula is C12H29NO2Si. The van der Waals surface area contributed by atoms with E-state index in [9.17, 15) is 0 Å². The van der Waals surface area contributed by atoms with Gasteiger partial charge in [0.15, 0.2) is 0 Å². The first kappa shape index (κ1) is 16.1. The Hall–Kier alpha value is 0.0969. The van der Waals surface area contributed by atoms with Crippen LogP contribution in [-0.4, -0.2) is 28.3 Å². The Morgan fingerprint density at radius 2 is 1.44 bits per heavy atom. The highest BCUT2D eigenvalue weighted by Crippen LogP contribution is 2.16. The molecule has 0 bridgehead atoms. The van der Waals surface area contributed by atoms with Crippen molar-refractivity contribution in [2.75, 3.05) is 19.8 Å². The third-order valence-electron chi connectivity index (χ3n) is 2.65. The molecule has 16 heavy (non-hydrogen) atoms. The summed E-state index contributed by atoms with van der Waals surface area (Å²) in [6, 6.07) is 1.02. The summed E-state index contributed by atoms with van der Waals surface area (Å²) in [6.45, 7) is 8.96. The Morgan fingerprint density at radius 3 is 1.81 bits per heavy atom. The lowest BCUT2D eigenvalue weighted by molar-refractivity contribution is 0.168. The van der Waals surface area contributed by atoms with Crippen molar-refractivity contribution in [3.63, 3.8) is 0 Å². The molecule has 0 spiro atoms. The molecule has 0 aliphatic rings. The smallest absolute Gasteiger partial charge is 0.334 e. The van der Waals surface area contributed by atoms with Crippen LogP contribution in [-0.2, 0) is 8.85 Å². The standard InChI is InChI=1S/C12H29NO2Si/c1-4-6-10-14-16(3,12-8-9-13)15-11-7-5-2/h4-13H2,1-3H3. The summed E-state index contributed by atoms with van der Waals surface area (Å²) in [6.07, 6.45) is 5.62. The molecule has 98 valence electrons. The van der Waals surface area contributed by atoms with Crippen LogP contribution < -0.4 is 5.73 Å². The number of hydrogen-bond donors (Lipinski definition) is 1. The number of unbranched alkanes of at least 4 members (excludes halogenated alkanes) is 2. The van der Waals surface area contributed by atoms with E-state index in [1.165, 1.54) is 12.8 Å². The van der Waals surface area contributed by atoms with Crippen molar-refractivity contribution in [3.8, 4) is 0 Å². The van der Waals surface area contributed by atoms with E-state index in [0.29, 0.717) is 0 Å². The quantitative estimate of drug-likeness (QED) is 0.451. The topological polar surface area (TPSA) is 44.5 Å². The molecule has 0 amide bonds. The van der Waals surface area contributed by atoms with Crippen LogP contribution >= 0.6 is 0 Å². The summed E-state index contributed by atoms with van der Waals surface area (Å²) in [4.78, 5) is 0. The predicted molar refractivity (Wildman–Crippen MR) is 71.8 cm³/mol. The van der Waals surface area contributed by atoms with Crippen molar-refractivity contribution in [1.82, 2.24) is 0 Å². The van der Waals surface area contributed by atoms with Gasteiger partial charge in [0.2, 0.25) is 0 Å². The third kappa shape index (κ3) is 8.27. The maximum Gasteiger partial charge on any atom is 0.334 e. The molecule has 0 saturated carbocycles. The molecular weight excluding hydrogens is 218 g/mol. The SMILES string of the molecule is CCCCO[Si](C)(CCCN)OCCCC. The molecule has 0 radical (unpaired) electrons. The van der Waals surface area contributed by atoms with Crippen LogP contribution in [0.4, 0.5) is 0 Å². The molecule has 0 saturated heterocycles. The van der Waals surface area contributed by atoms with Gasteiger partial charge in [0.25, 0.3) is 0 Å². The monoisotopic (exact) mass is 247 g/mol. The Labute approximate surface area is 102 Å². The van der Waals surface area contributed by atoms with Gasteiger partial charge in [0.05, 0.1) is 0 Å². The van der Waals surface area contributed by atoms with Crippen molar-refractivity contribution in [3.05, 3.63) is 0 Å². The summed E-state index contributed by atoms with van der Waals surface area (Å²) in [5.74, 6) is 0. The summed E-state index contributed by atoms with van der Waals surface area (Å²) < 4.78 is 12.0. The van der Waals surface area contributed by atoms with Gasteiger partial charge in [0.1, 0.15) is 0 Å². The van der Waals surface area contributed by atoms with E-state index in [0.717, 1.165) is 45.1 Å². The fourth-order valence-electron chi connectivity index (χ4n) is 1.47. The van der Waals surface area contributed by atoms with Crippen LogP contribution in [0.2, 0.25) is 12.6 Å². The molecule has 3 nitrogen and oxygen atoms in total. The van der Waals surface area contributed by atoms with Crippen molar-refractivity contribution < 1.29 is 8.85 Å². The van der Waals surface area contributed by atoms with Gasteiger partial charge in [0, 0.05) is 13.2 Å². The average molecular weight is 247 g/mol. The molecule has 0 atom stereocenters. The molecule has 0 unspecified atom stereocenters. The Morgan fingerprint density at radius 1 is 0.938 bits per heavy atom. The second kappa shape index (κ2) is 10.3. The zero-order valence-electron chi connectivity index (χ0n) is 11.3. The van der Waals surface area contributed by atoms with Crippen LogP contribution in [0.1, 0.15) is 46.0 Å². The van der Waals surface area contributed by atoms with Gasteiger partial charge >= 0.3 is 8.56 Å². The third-order valence-corrected chi connectivity index (χ3v) is 5.54. The minimum Gasteiger partial charge on any atom is -0.394 e. The van der Waals surface area contributed by atoms with Crippen LogP contribution in [0.15, 0.2) is 0 Å². The van der Waals surface area contributed by atoms with Crippen molar-refractivity contribution >= 4 is 8.56 Å². The number of nitrogens with two attached hydrogens (primary N) is 1. The highest BCUT2D eigenvalue weighted by Gasteiger charge is 2.30. The molecule has 0 aromatic heterocycles. The molecule has 0 aliphatic carbocycles. The van der Waals surface area contributed by atoms with E-state index < -0.39 is 8.56 Å². The molecule has 4 heteroatoms. The van der Waals surface area contributed by atoms with E-state index in [2.05, 4.69) is 20.4 Å². The molecule has 0 fully saturated rings. The predicted octanol–water partition coefficient (Wildman–Crippen LogP) is 3.04. The van der Waals surface area contributed by atoms with Crippen LogP contribution in [0.5, 0.6) is 0 Å². The Kier molecular flexibility index (Phi) is 10.3. The fraction of sp³-hybridized carbons (Fsp3) is 1.00. The average Bonchev–Trinajstić information content (AvgIpc) is 2.27. The molecule has 0 rings (SSSR count). The maximum atomic E-state index is 5.98. The Balaban J connectivity index is 3.91. The fourth-order valence-corrected chi connectivity index (χ4v) is 3.84. The van der Waals surface area contributed by atoms with Crippen molar-refractivity contribution in [2.24, 2.45) is 5.73 Å².